The Balaban J connectivity index is 5.11. The monoisotopic (exact) mass is 273 g/mol. The third-order valence-corrected chi connectivity index (χ3v) is 2.94. The lowest BCUT2D eigenvalue weighted by Gasteiger charge is -2.32. The van der Waals surface area contributed by atoms with Crippen LogP contribution in [0.15, 0.2) is 0 Å². The molecule has 2 atom stereocenters. The van der Waals surface area contributed by atoms with Crippen LogP contribution < -0.4 is 11.1 Å². The van der Waals surface area contributed by atoms with Gasteiger partial charge in [0.2, 0.25) is 5.91 Å². The quantitative estimate of drug-likeness (QED) is 0.622. The summed E-state index contributed by atoms with van der Waals surface area (Å²) < 4.78 is 0. The number of nitrogens with zero attached hydrogens (tertiary/aromatic N) is 1. The molecule has 0 saturated carbocycles. The van der Waals surface area contributed by atoms with E-state index in [-0.39, 0.29) is 12.0 Å². The van der Waals surface area contributed by atoms with Gasteiger partial charge >= 0.3 is 12.0 Å². The highest BCUT2D eigenvalue weighted by atomic mass is 16.4. The molecule has 7 heteroatoms. The molecule has 0 saturated heterocycles. The molecule has 0 aromatic rings. The predicted molar refractivity (Wildman–Crippen MR) is 70.4 cm³/mol. The Hall–Kier alpha value is -1.79. The highest BCUT2D eigenvalue weighted by Crippen LogP contribution is 2.11. The first-order chi connectivity index (χ1) is 8.70. The van der Waals surface area contributed by atoms with Gasteiger partial charge in [0.1, 0.15) is 12.6 Å². The lowest BCUT2D eigenvalue weighted by molar-refractivity contribution is -0.147. The van der Waals surface area contributed by atoms with Crippen molar-refractivity contribution in [2.45, 2.75) is 46.2 Å². The van der Waals surface area contributed by atoms with Gasteiger partial charge in [-0.2, -0.15) is 0 Å². The average molecular weight is 273 g/mol. The fraction of sp³-hybridized carbons (Fsp3) is 0.750. The van der Waals surface area contributed by atoms with Gasteiger partial charge in [-0.15, -0.1) is 0 Å². The van der Waals surface area contributed by atoms with E-state index in [2.05, 4.69) is 5.32 Å². The summed E-state index contributed by atoms with van der Waals surface area (Å²) >= 11 is 0. The van der Waals surface area contributed by atoms with Crippen LogP contribution in [0.25, 0.3) is 0 Å². The second-order valence-corrected chi connectivity index (χ2v) is 4.85. The minimum atomic E-state index is -1.09. The number of nitrogens with two attached hydrogens (primary N) is 1. The zero-order valence-electron chi connectivity index (χ0n) is 11.8. The van der Waals surface area contributed by atoms with Gasteiger partial charge in [0.15, 0.2) is 0 Å². The molecule has 0 spiro atoms. The number of primary amides is 1. The fourth-order valence-corrected chi connectivity index (χ4v) is 1.66. The first-order valence-electron chi connectivity index (χ1n) is 6.28. The molecule has 0 aromatic heterocycles. The summed E-state index contributed by atoms with van der Waals surface area (Å²) in [5.74, 6) is -1.69. The van der Waals surface area contributed by atoms with Gasteiger partial charge in [0.05, 0.1) is 0 Å². The van der Waals surface area contributed by atoms with Crippen molar-refractivity contribution in [3.63, 3.8) is 0 Å². The van der Waals surface area contributed by atoms with Gasteiger partial charge in [0, 0.05) is 6.04 Å². The third kappa shape index (κ3) is 5.58. The molecule has 0 rings (SSSR count). The molecule has 0 radical (unpaired) electrons. The Morgan fingerprint density at radius 3 is 2.11 bits per heavy atom. The van der Waals surface area contributed by atoms with Crippen LogP contribution in [0.4, 0.5) is 4.79 Å². The van der Waals surface area contributed by atoms with Crippen molar-refractivity contribution in [2.75, 3.05) is 6.54 Å². The van der Waals surface area contributed by atoms with Crippen molar-refractivity contribution in [3.8, 4) is 0 Å². The first kappa shape index (κ1) is 17.2. The number of carboxylic acids is 1. The van der Waals surface area contributed by atoms with E-state index in [1.165, 1.54) is 4.90 Å². The topological polar surface area (TPSA) is 113 Å². The number of urea groups is 1. The molecule has 0 bridgehead atoms. The van der Waals surface area contributed by atoms with Crippen molar-refractivity contribution in [3.05, 3.63) is 0 Å². The van der Waals surface area contributed by atoms with Gasteiger partial charge in [0.25, 0.3) is 0 Å². The number of rotatable bonds is 7. The Morgan fingerprint density at radius 2 is 1.79 bits per heavy atom. The predicted octanol–water partition coefficient (Wildman–Crippen LogP) is 0.391. The molecule has 0 heterocycles. The number of amides is 3. The minimum Gasteiger partial charge on any atom is -0.480 e. The Bertz CT molecular complexity index is 344. The second kappa shape index (κ2) is 7.60. The first-order valence-corrected chi connectivity index (χ1v) is 6.28. The van der Waals surface area contributed by atoms with E-state index in [0.717, 1.165) is 0 Å². The molecule has 19 heavy (non-hydrogen) atoms. The molecule has 0 aromatic carbocycles. The van der Waals surface area contributed by atoms with Crippen molar-refractivity contribution < 1.29 is 19.5 Å². The van der Waals surface area contributed by atoms with Gasteiger partial charge in [-0.1, -0.05) is 20.8 Å². The van der Waals surface area contributed by atoms with Crippen LogP contribution in [0.2, 0.25) is 0 Å². The molecular weight excluding hydrogens is 250 g/mol. The van der Waals surface area contributed by atoms with Gasteiger partial charge in [-0.3, -0.25) is 9.59 Å². The van der Waals surface area contributed by atoms with E-state index in [0.29, 0.717) is 6.42 Å². The SMILES string of the molecule is CCC(C)N(CC(=O)O)C(=O)C(NC(N)=O)C(C)C. The number of carbonyl (C=O) groups is 3. The molecule has 110 valence electrons. The van der Waals surface area contributed by atoms with Crippen LogP contribution in [0, 0.1) is 5.92 Å². The lowest BCUT2D eigenvalue weighted by atomic mass is 10.0. The summed E-state index contributed by atoms with van der Waals surface area (Å²) in [4.78, 5) is 35.4. The van der Waals surface area contributed by atoms with Crippen molar-refractivity contribution in [2.24, 2.45) is 11.7 Å². The number of hydrogen-bond donors (Lipinski definition) is 3. The van der Waals surface area contributed by atoms with Crippen LogP contribution in [-0.2, 0) is 9.59 Å². The molecule has 7 nitrogen and oxygen atoms in total. The Kier molecular flexibility index (Phi) is 6.89. The average Bonchev–Trinajstić information content (AvgIpc) is 2.30. The minimum absolute atomic E-state index is 0.180. The van der Waals surface area contributed by atoms with Crippen LogP contribution in [0.5, 0.6) is 0 Å². The maximum absolute atomic E-state index is 12.3. The number of carboxylic acid groups (broad SMARTS) is 1. The zero-order chi connectivity index (χ0) is 15.2. The van der Waals surface area contributed by atoms with E-state index >= 15 is 0 Å². The summed E-state index contributed by atoms with van der Waals surface area (Å²) in [6, 6.07) is -1.84. The summed E-state index contributed by atoms with van der Waals surface area (Å²) in [5.41, 5.74) is 5.04. The Labute approximate surface area is 113 Å². The van der Waals surface area contributed by atoms with Crippen molar-refractivity contribution in [1.29, 1.82) is 0 Å². The molecule has 0 fully saturated rings. The molecule has 2 unspecified atom stereocenters. The van der Waals surface area contributed by atoms with Crippen LogP contribution in [0.1, 0.15) is 34.1 Å². The number of carbonyl (C=O) groups excluding carboxylic acids is 2. The highest BCUT2D eigenvalue weighted by molar-refractivity contribution is 5.89. The van der Waals surface area contributed by atoms with Gasteiger partial charge in [-0.05, 0) is 19.3 Å². The smallest absolute Gasteiger partial charge is 0.323 e. The molecule has 3 amide bonds. The standard InChI is InChI=1S/C12H23N3O4/c1-5-8(4)15(6-9(16)17)11(18)10(7(2)3)14-12(13)19/h7-8,10H,5-6H2,1-4H3,(H,16,17)(H3,13,14,19). The summed E-state index contributed by atoms with van der Waals surface area (Å²) in [7, 11) is 0. The van der Waals surface area contributed by atoms with Gasteiger partial charge < -0.3 is 21.1 Å². The Morgan fingerprint density at radius 1 is 1.26 bits per heavy atom. The van der Waals surface area contributed by atoms with E-state index < -0.39 is 30.5 Å². The van der Waals surface area contributed by atoms with Crippen molar-refractivity contribution in [1.82, 2.24) is 10.2 Å². The molecular formula is C12H23N3O4. The summed E-state index contributed by atoms with van der Waals surface area (Å²) in [5, 5.41) is 11.2. The number of nitrogens with one attached hydrogen (secondary N) is 1. The number of aliphatic carboxylic acids is 1. The van der Waals surface area contributed by atoms with Crippen LogP contribution in [0.3, 0.4) is 0 Å². The van der Waals surface area contributed by atoms with Crippen LogP contribution >= 0.6 is 0 Å². The molecule has 0 aliphatic heterocycles. The summed E-state index contributed by atoms with van der Waals surface area (Å²) in [6.07, 6.45) is 0.625. The largest absolute Gasteiger partial charge is 0.480 e. The normalized spacial score (nSPS) is 13.7. The lowest BCUT2D eigenvalue weighted by Crippen LogP contribution is -2.55. The van der Waals surface area contributed by atoms with E-state index in [1.54, 1.807) is 20.8 Å². The third-order valence-electron chi connectivity index (χ3n) is 2.94. The molecule has 4 N–H and O–H groups in total. The maximum atomic E-state index is 12.3. The van der Waals surface area contributed by atoms with Crippen LogP contribution in [-0.4, -0.2) is 46.5 Å². The van der Waals surface area contributed by atoms with Crippen molar-refractivity contribution >= 4 is 17.9 Å². The van der Waals surface area contributed by atoms with E-state index in [1.807, 2.05) is 6.92 Å². The molecule has 0 aliphatic rings. The molecule has 0 aliphatic carbocycles. The summed E-state index contributed by atoms with van der Waals surface area (Å²) in [6.45, 7) is 6.75. The fourth-order valence-electron chi connectivity index (χ4n) is 1.66. The number of hydrogen-bond acceptors (Lipinski definition) is 3. The maximum Gasteiger partial charge on any atom is 0.323 e. The van der Waals surface area contributed by atoms with E-state index in [4.69, 9.17) is 10.8 Å². The highest BCUT2D eigenvalue weighted by Gasteiger charge is 2.31. The zero-order valence-corrected chi connectivity index (χ0v) is 11.8. The van der Waals surface area contributed by atoms with Gasteiger partial charge in [-0.25, -0.2) is 4.79 Å². The second-order valence-electron chi connectivity index (χ2n) is 4.85. The van der Waals surface area contributed by atoms with E-state index in [9.17, 15) is 14.4 Å².